The summed E-state index contributed by atoms with van der Waals surface area (Å²) in [6.45, 7) is 0.455. The Kier molecular flexibility index (Phi) is 2.76. The Morgan fingerprint density at radius 1 is 1.05 bits per heavy atom. The van der Waals surface area contributed by atoms with Crippen molar-refractivity contribution in [3.8, 4) is 11.5 Å². The van der Waals surface area contributed by atoms with E-state index in [0.717, 1.165) is 16.6 Å². The quantitative estimate of drug-likeness (QED) is 0.543. The number of para-hydroxylation sites is 1. The van der Waals surface area contributed by atoms with Crippen molar-refractivity contribution >= 4 is 16.6 Å². The van der Waals surface area contributed by atoms with Gasteiger partial charge in [-0.25, -0.2) is 0 Å². The molecule has 0 atom stereocenters. The fourth-order valence-electron chi connectivity index (χ4n) is 2.08. The lowest BCUT2D eigenvalue weighted by Crippen LogP contribution is -1.99. The summed E-state index contributed by atoms with van der Waals surface area (Å²) in [5, 5.41) is 23.5. The van der Waals surface area contributed by atoms with Crippen LogP contribution in [0.3, 0.4) is 0 Å². The van der Waals surface area contributed by atoms with Crippen LogP contribution in [0.4, 0.5) is 5.69 Å². The Labute approximate surface area is 110 Å². The van der Waals surface area contributed by atoms with Crippen molar-refractivity contribution in [1.82, 2.24) is 4.98 Å². The third-order valence-electron chi connectivity index (χ3n) is 3.13. The fraction of sp³-hybridized carbons (Fsp3) is 0.0667. The highest BCUT2D eigenvalue weighted by Gasteiger charge is 2.05. The molecule has 4 heteroatoms. The molecular formula is C15H14N2O2. The van der Waals surface area contributed by atoms with Gasteiger partial charge in [0.15, 0.2) is 11.5 Å². The van der Waals surface area contributed by atoms with Crippen molar-refractivity contribution in [1.29, 1.82) is 0 Å². The van der Waals surface area contributed by atoms with Gasteiger partial charge in [-0.3, -0.25) is 0 Å². The number of aromatic amines is 1. The molecule has 1 aromatic heterocycles. The fourth-order valence-corrected chi connectivity index (χ4v) is 2.08. The monoisotopic (exact) mass is 254 g/mol. The molecule has 4 nitrogen and oxygen atoms in total. The van der Waals surface area contributed by atoms with Crippen molar-refractivity contribution in [2.45, 2.75) is 6.54 Å². The lowest BCUT2D eigenvalue weighted by Gasteiger charge is -2.09. The van der Waals surface area contributed by atoms with E-state index in [-0.39, 0.29) is 11.5 Å². The van der Waals surface area contributed by atoms with Crippen molar-refractivity contribution in [3.63, 3.8) is 0 Å². The minimum Gasteiger partial charge on any atom is -0.504 e. The van der Waals surface area contributed by atoms with Gasteiger partial charge in [-0.05, 0) is 30.3 Å². The molecule has 0 radical (unpaired) electrons. The van der Waals surface area contributed by atoms with Gasteiger partial charge < -0.3 is 20.5 Å². The minimum absolute atomic E-state index is 0.0716. The molecule has 3 rings (SSSR count). The minimum atomic E-state index is -0.0969. The highest BCUT2D eigenvalue weighted by molar-refractivity contribution is 5.82. The second-order valence-corrected chi connectivity index (χ2v) is 4.42. The van der Waals surface area contributed by atoms with Crippen molar-refractivity contribution in [2.75, 3.05) is 5.32 Å². The van der Waals surface area contributed by atoms with Gasteiger partial charge in [-0.15, -0.1) is 0 Å². The van der Waals surface area contributed by atoms with E-state index in [1.54, 1.807) is 12.1 Å². The first-order chi connectivity index (χ1) is 9.24. The van der Waals surface area contributed by atoms with E-state index in [1.807, 2.05) is 30.5 Å². The summed E-state index contributed by atoms with van der Waals surface area (Å²) in [6.07, 6.45) is 1.90. The number of anilines is 1. The first-order valence-electron chi connectivity index (χ1n) is 6.05. The van der Waals surface area contributed by atoms with Crippen LogP contribution in [-0.2, 0) is 6.54 Å². The largest absolute Gasteiger partial charge is 0.504 e. The number of rotatable bonds is 3. The molecule has 0 aliphatic carbocycles. The summed E-state index contributed by atoms with van der Waals surface area (Å²) >= 11 is 0. The summed E-state index contributed by atoms with van der Waals surface area (Å²) in [5.41, 5.74) is 2.72. The van der Waals surface area contributed by atoms with Gasteiger partial charge in [0.25, 0.3) is 0 Å². The molecule has 0 spiro atoms. The maximum absolute atomic E-state index is 9.72. The molecule has 0 saturated carbocycles. The number of hydrogen-bond acceptors (Lipinski definition) is 3. The van der Waals surface area contributed by atoms with Gasteiger partial charge in [-0.2, -0.15) is 0 Å². The standard InChI is InChI=1S/C15H14N2O2/c18-14-3-1-2-11(15(14)19)9-17-12-4-5-13-10(8-12)6-7-16-13/h1-8,16-19H,9H2. The molecule has 1 heterocycles. The van der Waals surface area contributed by atoms with Gasteiger partial charge in [0.05, 0.1) is 0 Å². The lowest BCUT2D eigenvalue weighted by atomic mass is 10.1. The maximum Gasteiger partial charge on any atom is 0.162 e. The van der Waals surface area contributed by atoms with E-state index < -0.39 is 0 Å². The summed E-state index contributed by atoms with van der Waals surface area (Å²) in [6, 6.07) is 13.0. The molecular weight excluding hydrogens is 240 g/mol. The van der Waals surface area contributed by atoms with E-state index in [1.165, 1.54) is 6.07 Å². The summed E-state index contributed by atoms with van der Waals surface area (Å²) in [5.74, 6) is -0.168. The van der Waals surface area contributed by atoms with E-state index in [2.05, 4.69) is 10.3 Å². The predicted octanol–water partition coefficient (Wildman–Crippen LogP) is 3.19. The third-order valence-corrected chi connectivity index (χ3v) is 3.13. The van der Waals surface area contributed by atoms with Gasteiger partial charge in [0.1, 0.15) is 0 Å². The average molecular weight is 254 g/mol. The molecule has 0 fully saturated rings. The normalized spacial score (nSPS) is 10.7. The number of nitrogens with one attached hydrogen (secondary N) is 2. The zero-order chi connectivity index (χ0) is 13.2. The molecule has 19 heavy (non-hydrogen) atoms. The van der Waals surface area contributed by atoms with Gasteiger partial charge in [0.2, 0.25) is 0 Å². The van der Waals surface area contributed by atoms with Crippen LogP contribution in [0.2, 0.25) is 0 Å². The Morgan fingerprint density at radius 2 is 1.95 bits per heavy atom. The van der Waals surface area contributed by atoms with Crippen LogP contribution in [0, 0.1) is 0 Å². The van der Waals surface area contributed by atoms with Crippen molar-refractivity contribution in [2.24, 2.45) is 0 Å². The average Bonchev–Trinajstić information content (AvgIpc) is 2.88. The van der Waals surface area contributed by atoms with E-state index >= 15 is 0 Å². The molecule has 4 N–H and O–H groups in total. The second-order valence-electron chi connectivity index (χ2n) is 4.42. The van der Waals surface area contributed by atoms with Crippen LogP contribution in [0.1, 0.15) is 5.56 Å². The van der Waals surface area contributed by atoms with Crippen LogP contribution < -0.4 is 5.32 Å². The van der Waals surface area contributed by atoms with E-state index in [0.29, 0.717) is 12.1 Å². The Hall–Kier alpha value is -2.62. The molecule has 0 unspecified atom stereocenters. The molecule has 0 amide bonds. The first kappa shape index (κ1) is 11.5. The van der Waals surface area contributed by atoms with E-state index in [9.17, 15) is 10.2 Å². The molecule has 96 valence electrons. The zero-order valence-electron chi connectivity index (χ0n) is 10.2. The Balaban J connectivity index is 1.80. The third kappa shape index (κ3) is 2.20. The SMILES string of the molecule is Oc1cccc(CNc2ccc3[nH]ccc3c2)c1O. The number of phenols is 2. The Morgan fingerprint density at radius 3 is 2.84 bits per heavy atom. The number of phenolic OH excluding ortho intramolecular Hbond substituents is 2. The molecule has 0 saturated heterocycles. The Bertz CT molecular complexity index is 719. The van der Waals surface area contributed by atoms with Crippen LogP contribution in [0.15, 0.2) is 48.7 Å². The van der Waals surface area contributed by atoms with Gasteiger partial charge in [0, 0.05) is 34.9 Å². The van der Waals surface area contributed by atoms with Crippen LogP contribution in [0.5, 0.6) is 11.5 Å². The molecule has 0 aliphatic heterocycles. The number of hydrogen-bond donors (Lipinski definition) is 4. The number of aromatic nitrogens is 1. The molecule has 0 aliphatic rings. The number of fused-ring (bicyclic) bond motifs is 1. The summed E-state index contributed by atoms with van der Waals surface area (Å²) in [4.78, 5) is 3.14. The van der Waals surface area contributed by atoms with Gasteiger partial charge in [-0.1, -0.05) is 12.1 Å². The molecule has 0 bridgehead atoms. The predicted molar refractivity (Wildman–Crippen MR) is 75.4 cm³/mol. The maximum atomic E-state index is 9.72. The smallest absolute Gasteiger partial charge is 0.162 e. The molecule has 2 aromatic carbocycles. The topological polar surface area (TPSA) is 68.3 Å². The van der Waals surface area contributed by atoms with Crippen LogP contribution >= 0.6 is 0 Å². The van der Waals surface area contributed by atoms with Crippen molar-refractivity contribution < 1.29 is 10.2 Å². The first-order valence-corrected chi connectivity index (χ1v) is 6.05. The second kappa shape index (κ2) is 4.57. The van der Waals surface area contributed by atoms with E-state index in [4.69, 9.17) is 0 Å². The number of aromatic hydroxyl groups is 2. The molecule has 3 aromatic rings. The van der Waals surface area contributed by atoms with Gasteiger partial charge >= 0.3 is 0 Å². The highest BCUT2D eigenvalue weighted by Crippen LogP contribution is 2.29. The summed E-state index contributed by atoms with van der Waals surface area (Å²) in [7, 11) is 0. The van der Waals surface area contributed by atoms with Crippen LogP contribution in [-0.4, -0.2) is 15.2 Å². The van der Waals surface area contributed by atoms with Crippen molar-refractivity contribution in [3.05, 3.63) is 54.2 Å². The number of benzene rings is 2. The highest BCUT2D eigenvalue weighted by atomic mass is 16.3. The lowest BCUT2D eigenvalue weighted by molar-refractivity contribution is 0.400. The number of H-pyrrole nitrogens is 1. The van der Waals surface area contributed by atoms with Crippen LogP contribution in [0.25, 0.3) is 10.9 Å². The summed E-state index contributed by atoms with van der Waals surface area (Å²) < 4.78 is 0. The zero-order valence-corrected chi connectivity index (χ0v) is 10.2.